The number of carbonyl (C=O) groups excluding carboxylic acids is 1. The molecule has 3 aromatic rings. The Kier molecular flexibility index (Phi) is 6.61. The monoisotopic (exact) mass is 476 g/mol. The Bertz CT molecular complexity index is 1250. The van der Waals surface area contributed by atoms with Gasteiger partial charge in [0.15, 0.2) is 11.0 Å². The molecular formula is C26H28N4O3S. The van der Waals surface area contributed by atoms with Crippen molar-refractivity contribution in [2.75, 3.05) is 12.0 Å². The smallest absolute Gasteiger partial charge is 0.283 e. The van der Waals surface area contributed by atoms with E-state index in [4.69, 9.17) is 14.3 Å². The van der Waals surface area contributed by atoms with Crippen molar-refractivity contribution >= 4 is 34.6 Å². The summed E-state index contributed by atoms with van der Waals surface area (Å²) >= 11 is 1.41. The number of hydrogen-bond donors (Lipinski definition) is 0. The lowest BCUT2D eigenvalue weighted by atomic mass is 9.97. The summed E-state index contributed by atoms with van der Waals surface area (Å²) < 4.78 is 10.6. The number of aryl methyl sites for hydroxylation is 2. The maximum Gasteiger partial charge on any atom is 0.283 e. The number of hydrogen-bond acceptors (Lipinski definition) is 7. The summed E-state index contributed by atoms with van der Waals surface area (Å²) in [5.41, 5.74) is 3.95. The van der Waals surface area contributed by atoms with Crippen LogP contribution in [0.2, 0.25) is 0 Å². The number of anilines is 1. The zero-order valence-corrected chi connectivity index (χ0v) is 21.1. The molecule has 7 nitrogen and oxygen atoms in total. The molecule has 1 amide bonds. The molecule has 2 heterocycles. The second-order valence-electron chi connectivity index (χ2n) is 9.24. The molecule has 0 bridgehead atoms. The Labute approximate surface area is 203 Å². The first-order chi connectivity index (χ1) is 16.1. The Balaban J connectivity index is 1.66. The Morgan fingerprint density at radius 3 is 2.35 bits per heavy atom. The molecule has 0 saturated carbocycles. The van der Waals surface area contributed by atoms with E-state index >= 15 is 0 Å². The third-order valence-electron chi connectivity index (χ3n) is 5.15. The standard InChI is InChI=1S/C26H28N4O3S/c1-16-11-17(2)13-19(12-16)30-23(31)21(14-18-7-9-20(32-6)10-8-18)27-25(30)34-15-22-28-24(33-29-22)26(3,4)5/h7-14H,15H2,1-6H3/b21-14-. The van der Waals surface area contributed by atoms with Crippen LogP contribution >= 0.6 is 11.8 Å². The maximum absolute atomic E-state index is 13.5. The van der Waals surface area contributed by atoms with E-state index in [9.17, 15) is 4.79 Å². The first kappa shape index (κ1) is 23.8. The lowest BCUT2D eigenvalue weighted by molar-refractivity contribution is -0.113. The van der Waals surface area contributed by atoms with Crippen LogP contribution in [0.15, 0.2) is 57.7 Å². The van der Waals surface area contributed by atoms with Crippen molar-refractivity contribution in [3.8, 4) is 5.75 Å². The zero-order valence-electron chi connectivity index (χ0n) is 20.2. The van der Waals surface area contributed by atoms with Gasteiger partial charge in [0.25, 0.3) is 5.91 Å². The van der Waals surface area contributed by atoms with Gasteiger partial charge in [-0.1, -0.05) is 55.9 Å². The van der Waals surface area contributed by atoms with Crippen molar-refractivity contribution in [3.63, 3.8) is 0 Å². The Hall–Kier alpha value is -3.39. The van der Waals surface area contributed by atoms with Crippen molar-refractivity contribution in [1.82, 2.24) is 10.1 Å². The van der Waals surface area contributed by atoms with E-state index in [-0.39, 0.29) is 11.3 Å². The average Bonchev–Trinajstić information content (AvgIpc) is 3.37. The quantitative estimate of drug-likeness (QED) is 0.442. The number of aliphatic imine (C=N–C) groups is 1. The highest BCUT2D eigenvalue weighted by atomic mass is 32.2. The van der Waals surface area contributed by atoms with Crippen LogP contribution in [0, 0.1) is 13.8 Å². The second kappa shape index (κ2) is 9.46. The summed E-state index contributed by atoms with van der Waals surface area (Å²) in [4.78, 5) is 24.3. The molecule has 176 valence electrons. The van der Waals surface area contributed by atoms with Gasteiger partial charge in [-0.3, -0.25) is 9.69 Å². The number of ether oxygens (including phenoxy) is 1. The fourth-order valence-electron chi connectivity index (χ4n) is 3.50. The predicted molar refractivity (Wildman–Crippen MR) is 136 cm³/mol. The summed E-state index contributed by atoms with van der Waals surface area (Å²) in [7, 11) is 1.62. The molecule has 1 aliphatic rings. The summed E-state index contributed by atoms with van der Waals surface area (Å²) in [6.07, 6.45) is 1.79. The number of thioether (sulfide) groups is 1. The van der Waals surface area contributed by atoms with Gasteiger partial charge in [0.2, 0.25) is 5.89 Å². The highest BCUT2D eigenvalue weighted by Crippen LogP contribution is 2.32. The minimum atomic E-state index is -0.226. The van der Waals surface area contributed by atoms with E-state index in [2.05, 4.69) is 16.2 Å². The largest absolute Gasteiger partial charge is 0.497 e. The number of amidine groups is 1. The molecule has 4 rings (SSSR count). The van der Waals surface area contributed by atoms with Crippen molar-refractivity contribution in [3.05, 3.63) is 76.6 Å². The molecule has 1 aromatic heterocycles. The molecule has 34 heavy (non-hydrogen) atoms. The van der Waals surface area contributed by atoms with E-state index in [1.807, 2.05) is 71.0 Å². The van der Waals surface area contributed by atoms with E-state index in [1.165, 1.54) is 11.8 Å². The Morgan fingerprint density at radius 2 is 1.76 bits per heavy atom. The number of benzene rings is 2. The average molecular weight is 477 g/mol. The molecule has 0 saturated heterocycles. The van der Waals surface area contributed by atoms with E-state index < -0.39 is 0 Å². The van der Waals surface area contributed by atoms with Crippen LogP contribution < -0.4 is 9.64 Å². The lowest BCUT2D eigenvalue weighted by Gasteiger charge is -2.18. The minimum absolute atomic E-state index is 0.174. The van der Waals surface area contributed by atoms with E-state index in [0.717, 1.165) is 28.1 Å². The molecule has 0 atom stereocenters. The van der Waals surface area contributed by atoms with Crippen molar-refractivity contribution in [2.24, 2.45) is 4.99 Å². The van der Waals surface area contributed by atoms with Crippen LogP contribution in [0.4, 0.5) is 5.69 Å². The van der Waals surface area contributed by atoms with Crippen LogP contribution in [0.5, 0.6) is 5.75 Å². The van der Waals surface area contributed by atoms with Crippen molar-refractivity contribution in [1.29, 1.82) is 0 Å². The zero-order chi connectivity index (χ0) is 24.5. The van der Waals surface area contributed by atoms with Gasteiger partial charge in [0.1, 0.15) is 11.4 Å². The fourth-order valence-corrected chi connectivity index (χ4v) is 4.36. The SMILES string of the molecule is COc1ccc(/C=C2\N=C(SCc3noc(C(C)(C)C)n3)N(c3cc(C)cc(C)c3)C2=O)cc1. The van der Waals surface area contributed by atoms with Crippen LogP contribution in [-0.2, 0) is 16.0 Å². The number of carbonyl (C=O) groups is 1. The third-order valence-corrected chi connectivity index (χ3v) is 6.09. The maximum atomic E-state index is 13.5. The normalized spacial score (nSPS) is 15.2. The number of aromatic nitrogens is 2. The molecule has 8 heteroatoms. The first-order valence-corrected chi connectivity index (χ1v) is 12.0. The van der Waals surface area contributed by atoms with E-state index in [1.54, 1.807) is 18.1 Å². The van der Waals surface area contributed by atoms with Crippen LogP contribution in [0.3, 0.4) is 0 Å². The van der Waals surface area contributed by atoms with Crippen LogP contribution in [0.1, 0.15) is 49.2 Å². The molecule has 1 aliphatic heterocycles. The van der Waals surface area contributed by atoms with Gasteiger partial charge in [-0.2, -0.15) is 4.98 Å². The summed E-state index contributed by atoms with van der Waals surface area (Å²) in [6.45, 7) is 10.1. The third kappa shape index (κ3) is 5.22. The predicted octanol–water partition coefficient (Wildman–Crippen LogP) is 5.67. The number of methoxy groups -OCH3 is 1. The van der Waals surface area contributed by atoms with Gasteiger partial charge >= 0.3 is 0 Å². The van der Waals surface area contributed by atoms with Gasteiger partial charge in [0, 0.05) is 5.41 Å². The number of nitrogens with zero attached hydrogens (tertiary/aromatic N) is 4. The highest BCUT2D eigenvalue weighted by Gasteiger charge is 2.33. The van der Waals surface area contributed by atoms with Crippen molar-refractivity contribution in [2.45, 2.75) is 45.8 Å². The molecule has 0 spiro atoms. The topological polar surface area (TPSA) is 80.8 Å². The molecule has 0 unspecified atom stereocenters. The number of rotatable bonds is 5. The Morgan fingerprint density at radius 1 is 1.09 bits per heavy atom. The summed E-state index contributed by atoms with van der Waals surface area (Å²) in [6, 6.07) is 13.6. The fraction of sp³-hybridized carbons (Fsp3) is 0.308. The lowest BCUT2D eigenvalue weighted by Crippen LogP contribution is -2.30. The van der Waals surface area contributed by atoms with Gasteiger partial charge in [0.05, 0.1) is 18.6 Å². The van der Waals surface area contributed by atoms with Gasteiger partial charge in [-0.05, 0) is 60.9 Å². The second-order valence-corrected chi connectivity index (χ2v) is 10.2. The molecule has 0 aliphatic carbocycles. The molecular weight excluding hydrogens is 448 g/mol. The molecule has 2 aromatic carbocycles. The molecule has 0 radical (unpaired) electrons. The van der Waals surface area contributed by atoms with Crippen LogP contribution in [-0.4, -0.2) is 28.3 Å². The number of amides is 1. The summed E-state index contributed by atoms with van der Waals surface area (Å²) in [5.74, 6) is 2.16. The van der Waals surface area contributed by atoms with Crippen LogP contribution in [0.25, 0.3) is 6.08 Å². The van der Waals surface area contributed by atoms with Gasteiger partial charge in [-0.15, -0.1) is 0 Å². The van der Waals surface area contributed by atoms with E-state index in [0.29, 0.717) is 28.3 Å². The highest BCUT2D eigenvalue weighted by molar-refractivity contribution is 8.13. The first-order valence-electron chi connectivity index (χ1n) is 11.0. The molecule has 0 N–H and O–H groups in total. The minimum Gasteiger partial charge on any atom is -0.497 e. The summed E-state index contributed by atoms with van der Waals surface area (Å²) in [5, 5.41) is 4.68. The van der Waals surface area contributed by atoms with Gasteiger partial charge < -0.3 is 9.26 Å². The van der Waals surface area contributed by atoms with Crippen molar-refractivity contribution < 1.29 is 14.1 Å². The molecule has 0 fully saturated rings. The van der Waals surface area contributed by atoms with Gasteiger partial charge in [-0.25, -0.2) is 4.99 Å².